The van der Waals surface area contributed by atoms with Gasteiger partial charge in [-0.05, 0) is 31.6 Å². The molecule has 0 amide bonds. The smallest absolute Gasteiger partial charge is 0.324 e. The van der Waals surface area contributed by atoms with E-state index in [0.29, 0.717) is 12.8 Å². The molecule has 0 saturated heterocycles. The van der Waals surface area contributed by atoms with Crippen molar-refractivity contribution in [2.75, 3.05) is 0 Å². The molecular formula is C32H64O5S. The number of carbonyl (C=O) groups excluding carboxylic acids is 1. The minimum absolute atomic E-state index is 0.0942. The van der Waals surface area contributed by atoms with Crippen molar-refractivity contribution >= 4 is 16.4 Å². The summed E-state index contributed by atoms with van der Waals surface area (Å²) in [5.41, 5.74) is -0.826. The number of carbonyl (C=O) groups is 1. The van der Waals surface area contributed by atoms with E-state index in [4.69, 9.17) is 0 Å². The Hall–Kier alpha value is -0.620. The SMILES string of the molecule is CCCCCCCCCCCCCCCCCC(CCCC)C(CCCC)(CCCC)C(=O)OS(=O)(=O)O. The molecule has 0 bridgehead atoms. The van der Waals surface area contributed by atoms with Crippen LogP contribution in [0.3, 0.4) is 0 Å². The third-order valence-corrected chi connectivity index (χ3v) is 8.75. The van der Waals surface area contributed by atoms with Gasteiger partial charge in [-0.2, -0.15) is 8.42 Å². The molecule has 0 aliphatic carbocycles. The lowest BCUT2D eigenvalue weighted by atomic mass is 9.65. The van der Waals surface area contributed by atoms with Gasteiger partial charge < -0.3 is 4.18 Å². The molecule has 1 atom stereocenters. The molecule has 0 aromatic heterocycles. The molecule has 0 fully saturated rings. The topological polar surface area (TPSA) is 80.7 Å². The third-order valence-electron chi connectivity index (χ3n) is 8.38. The molecule has 0 radical (unpaired) electrons. The molecule has 0 saturated carbocycles. The zero-order valence-corrected chi connectivity index (χ0v) is 26.6. The van der Waals surface area contributed by atoms with Crippen LogP contribution < -0.4 is 0 Å². The Morgan fingerprint density at radius 3 is 1.29 bits per heavy atom. The predicted octanol–water partition coefficient (Wildman–Crippen LogP) is 10.8. The summed E-state index contributed by atoms with van der Waals surface area (Å²) in [5, 5.41) is 0. The van der Waals surface area contributed by atoms with Gasteiger partial charge in [0.2, 0.25) is 0 Å². The highest BCUT2D eigenvalue weighted by atomic mass is 32.3. The summed E-state index contributed by atoms with van der Waals surface area (Å²) in [7, 11) is -4.81. The molecule has 0 aromatic carbocycles. The predicted molar refractivity (Wildman–Crippen MR) is 162 cm³/mol. The van der Waals surface area contributed by atoms with Gasteiger partial charge in [-0.1, -0.05) is 163 Å². The summed E-state index contributed by atoms with van der Waals surface area (Å²) in [4.78, 5) is 13.3. The first-order valence-electron chi connectivity index (χ1n) is 16.5. The maximum atomic E-state index is 13.3. The molecule has 5 nitrogen and oxygen atoms in total. The van der Waals surface area contributed by atoms with E-state index in [1.165, 1.54) is 83.5 Å². The van der Waals surface area contributed by atoms with E-state index in [9.17, 15) is 17.8 Å². The fraction of sp³-hybridized carbons (Fsp3) is 0.969. The van der Waals surface area contributed by atoms with Crippen molar-refractivity contribution in [3.8, 4) is 0 Å². The van der Waals surface area contributed by atoms with Crippen LogP contribution in [0.1, 0.15) is 188 Å². The van der Waals surface area contributed by atoms with Crippen molar-refractivity contribution in [2.45, 2.75) is 188 Å². The molecule has 1 N–H and O–H groups in total. The lowest BCUT2D eigenvalue weighted by Gasteiger charge is -2.39. The van der Waals surface area contributed by atoms with Gasteiger partial charge in [-0.25, -0.2) is 0 Å². The second-order valence-corrected chi connectivity index (χ2v) is 12.8. The van der Waals surface area contributed by atoms with Crippen LogP contribution in [0.2, 0.25) is 0 Å². The molecule has 0 rings (SSSR count). The minimum Gasteiger partial charge on any atom is -0.324 e. The van der Waals surface area contributed by atoms with Crippen LogP contribution in [0.25, 0.3) is 0 Å². The third kappa shape index (κ3) is 18.6. The zero-order chi connectivity index (χ0) is 28.5. The maximum Gasteiger partial charge on any atom is 0.448 e. The molecule has 1 unspecified atom stereocenters. The quantitative estimate of drug-likeness (QED) is 0.0760. The van der Waals surface area contributed by atoms with E-state index in [0.717, 1.165) is 64.2 Å². The van der Waals surface area contributed by atoms with E-state index in [1.54, 1.807) is 0 Å². The molecule has 0 aliphatic heterocycles. The second kappa shape index (κ2) is 24.2. The first-order chi connectivity index (χ1) is 18.3. The zero-order valence-electron chi connectivity index (χ0n) is 25.7. The summed E-state index contributed by atoms with van der Waals surface area (Å²) in [6.07, 6.45) is 28.6. The van der Waals surface area contributed by atoms with Gasteiger partial charge in [0.1, 0.15) is 0 Å². The summed E-state index contributed by atoms with van der Waals surface area (Å²) in [5.74, 6) is -0.638. The average Bonchev–Trinajstić information content (AvgIpc) is 2.87. The lowest BCUT2D eigenvalue weighted by Crippen LogP contribution is -2.41. The van der Waals surface area contributed by atoms with Crippen molar-refractivity contribution in [3.05, 3.63) is 0 Å². The molecule has 0 aromatic rings. The van der Waals surface area contributed by atoms with Crippen LogP contribution in [0.4, 0.5) is 0 Å². The van der Waals surface area contributed by atoms with Crippen molar-refractivity contribution in [1.29, 1.82) is 0 Å². The van der Waals surface area contributed by atoms with Crippen LogP contribution in [0, 0.1) is 11.3 Å². The first kappa shape index (κ1) is 37.4. The number of hydrogen-bond donors (Lipinski definition) is 1. The Morgan fingerprint density at radius 1 is 0.579 bits per heavy atom. The monoisotopic (exact) mass is 560 g/mol. The van der Waals surface area contributed by atoms with Gasteiger partial charge in [0.05, 0.1) is 5.41 Å². The fourth-order valence-electron chi connectivity index (χ4n) is 5.98. The van der Waals surface area contributed by atoms with Crippen molar-refractivity contribution in [3.63, 3.8) is 0 Å². The number of hydrogen-bond acceptors (Lipinski definition) is 4. The molecule has 0 heterocycles. The molecular weight excluding hydrogens is 496 g/mol. The van der Waals surface area contributed by atoms with E-state index >= 15 is 0 Å². The first-order valence-corrected chi connectivity index (χ1v) is 17.8. The Kier molecular flexibility index (Phi) is 23.8. The van der Waals surface area contributed by atoms with Crippen LogP contribution in [-0.2, 0) is 19.4 Å². The molecule has 0 spiro atoms. The highest BCUT2D eigenvalue weighted by Gasteiger charge is 2.46. The summed E-state index contributed by atoms with van der Waals surface area (Å²) < 4.78 is 37.0. The molecule has 228 valence electrons. The summed E-state index contributed by atoms with van der Waals surface area (Å²) >= 11 is 0. The van der Waals surface area contributed by atoms with Gasteiger partial charge in [-0.15, -0.1) is 0 Å². The Bertz CT molecular complexity index is 638. The summed E-state index contributed by atoms with van der Waals surface area (Å²) in [6.45, 7) is 8.61. The van der Waals surface area contributed by atoms with Crippen LogP contribution in [-0.4, -0.2) is 18.9 Å². The molecule has 6 heteroatoms. The Morgan fingerprint density at radius 2 is 0.921 bits per heavy atom. The molecule has 0 aliphatic rings. The van der Waals surface area contributed by atoms with E-state index in [-0.39, 0.29) is 5.92 Å². The second-order valence-electron chi connectivity index (χ2n) is 11.7. The fourth-order valence-corrected chi connectivity index (χ4v) is 6.33. The van der Waals surface area contributed by atoms with Crippen molar-refractivity contribution < 1.29 is 21.9 Å². The minimum atomic E-state index is -4.81. The average molecular weight is 561 g/mol. The standard InChI is InChI=1S/C32H64O5S/c1-5-9-13-14-15-16-17-18-19-20-21-22-23-24-25-27-30(26-10-6-2)32(28-11-7-3,29-12-8-4)31(33)37-38(34,35)36/h30H,5-29H2,1-4H3,(H,34,35,36). The number of rotatable bonds is 28. The van der Waals surface area contributed by atoms with E-state index < -0.39 is 21.8 Å². The van der Waals surface area contributed by atoms with Crippen LogP contribution >= 0.6 is 0 Å². The van der Waals surface area contributed by atoms with E-state index in [1.807, 2.05) is 0 Å². The van der Waals surface area contributed by atoms with Crippen molar-refractivity contribution in [2.24, 2.45) is 11.3 Å². The lowest BCUT2D eigenvalue weighted by molar-refractivity contribution is -0.152. The van der Waals surface area contributed by atoms with E-state index in [2.05, 4.69) is 31.9 Å². The maximum absolute atomic E-state index is 13.3. The Balaban J connectivity index is 4.69. The van der Waals surface area contributed by atoms with Crippen LogP contribution in [0.5, 0.6) is 0 Å². The van der Waals surface area contributed by atoms with Crippen molar-refractivity contribution in [1.82, 2.24) is 0 Å². The molecule has 38 heavy (non-hydrogen) atoms. The normalized spacial score (nSPS) is 13.1. The summed E-state index contributed by atoms with van der Waals surface area (Å²) in [6, 6.07) is 0. The number of unbranched alkanes of at least 4 members (excludes halogenated alkanes) is 17. The largest absolute Gasteiger partial charge is 0.448 e. The van der Waals surface area contributed by atoms with Gasteiger partial charge >= 0.3 is 16.4 Å². The van der Waals surface area contributed by atoms with Gasteiger partial charge in [-0.3, -0.25) is 9.35 Å². The highest BCUT2D eigenvalue weighted by Crippen LogP contribution is 2.45. The van der Waals surface area contributed by atoms with Crippen LogP contribution in [0.15, 0.2) is 0 Å². The van der Waals surface area contributed by atoms with Gasteiger partial charge in [0.15, 0.2) is 0 Å². The Labute approximate surface area is 237 Å². The van der Waals surface area contributed by atoms with Gasteiger partial charge in [0, 0.05) is 0 Å². The highest BCUT2D eigenvalue weighted by molar-refractivity contribution is 7.81. The van der Waals surface area contributed by atoms with Gasteiger partial charge in [0.25, 0.3) is 0 Å².